The molecule has 17 heteroatoms. The zero-order valence-electron chi connectivity index (χ0n) is 12.8. The Labute approximate surface area is 146 Å². The summed E-state index contributed by atoms with van der Waals surface area (Å²) >= 11 is -3.10. The third-order valence-electron chi connectivity index (χ3n) is 3.19. The van der Waals surface area contributed by atoms with Crippen molar-refractivity contribution in [1.29, 1.82) is 0 Å². The van der Waals surface area contributed by atoms with Crippen LogP contribution in [-0.2, 0) is 40.1 Å². The predicted octanol–water partition coefficient (Wildman–Crippen LogP) is -4.13. The summed E-state index contributed by atoms with van der Waals surface area (Å²) < 4.78 is 91.9. The fourth-order valence-electron chi connectivity index (χ4n) is 0.873. The maximum atomic E-state index is 11.9. The maximum absolute atomic E-state index is 11.9. The van der Waals surface area contributed by atoms with Gasteiger partial charge in [0.25, 0.3) is 0 Å². The van der Waals surface area contributed by atoms with Gasteiger partial charge in [-0.1, -0.05) is 0 Å². The van der Waals surface area contributed by atoms with Crippen molar-refractivity contribution in [2.24, 2.45) is 10.3 Å². The molecular formula is C6H20N4O8S4Sn. The second-order valence-electron chi connectivity index (χ2n) is 5.36. The molecular weight excluding hydrogens is 503 g/mol. The predicted molar refractivity (Wildman–Crippen MR) is 87.0 cm³/mol. The van der Waals surface area contributed by atoms with Gasteiger partial charge in [-0.05, 0) is 0 Å². The Balaban J connectivity index is 5.35. The zero-order valence-corrected chi connectivity index (χ0v) is 20.1. The van der Waals surface area contributed by atoms with E-state index in [-0.39, 0.29) is 0 Å². The SMILES string of the molecule is CC(C)(S(N)(=O)=O)S(=O)(=O)[NH][SnH2][NH]S(=O)(=O)C(C)(C)S(N)(=O)=O. The van der Waals surface area contributed by atoms with Crippen molar-refractivity contribution in [2.75, 3.05) is 0 Å². The van der Waals surface area contributed by atoms with Crippen LogP contribution in [-0.4, -0.2) is 63.5 Å². The molecule has 0 radical (unpaired) electrons. The van der Waals surface area contributed by atoms with Gasteiger partial charge in [0.05, 0.1) is 0 Å². The standard InChI is InChI=1S/2C3H9N2O4S2.Sn.2H/c2*1-3(2,10(4,6)7)11(5,8)9;;;/h2*1-2H3,(H3-,4,5,6,7,8,9);;;/q2*-1;+2;;. The summed E-state index contributed by atoms with van der Waals surface area (Å²) in [4.78, 5) is 0. The second-order valence-corrected chi connectivity index (χ2v) is 20.7. The van der Waals surface area contributed by atoms with Crippen LogP contribution in [0.15, 0.2) is 0 Å². The molecule has 0 heterocycles. The molecule has 0 spiro atoms. The molecule has 0 unspecified atom stereocenters. The van der Waals surface area contributed by atoms with E-state index in [1.165, 1.54) is 0 Å². The second kappa shape index (κ2) is 6.63. The van der Waals surface area contributed by atoms with Crippen LogP contribution in [0.25, 0.3) is 0 Å². The topological polar surface area (TPSA) is 213 Å². The van der Waals surface area contributed by atoms with Crippen LogP contribution in [0.5, 0.6) is 0 Å². The third-order valence-corrected chi connectivity index (χ3v) is 21.3. The molecule has 0 aliphatic heterocycles. The van der Waals surface area contributed by atoms with Gasteiger partial charge in [0.1, 0.15) is 0 Å². The minimum atomic E-state index is -4.50. The molecule has 0 aromatic carbocycles. The van der Waals surface area contributed by atoms with Crippen LogP contribution in [0.1, 0.15) is 27.7 Å². The molecule has 0 aliphatic rings. The monoisotopic (exact) mass is 524 g/mol. The normalized spacial score (nSPS) is 15.6. The quantitative estimate of drug-likeness (QED) is 0.229. The molecule has 0 saturated heterocycles. The first-order chi connectivity index (χ1) is 9.71. The Morgan fingerprint density at radius 3 is 1.04 bits per heavy atom. The van der Waals surface area contributed by atoms with E-state index in [0.29, 0.717) is 0 Å². The molecule has 0 fully saturated rings. The Morgan fingerprint density at radius 2 is 0.870 bits per heavy atom. The van der Waals surface area contributed by atoms with Crippen molar-refractivity contribution in [1.82, 2.24) is 5.89 Å². The summed E-state index contributed by atoms with van der Waals surface area (Å²) in [6.07, 6.45) is 0. The van der Waals surface area contributed by atoms with E-state index >= 15 is 0 Å². The van der Waals surface area contributed by atoms with Gasteiger partial charge in [-0.2, -0.15) is 0 Å². The Bertz CT molecular complexity index is 797. The van der Waals surface area contributed by atoms with E-state index in [0.717, 1.165) is 27.7 Å². The first-order valence-corrected chi connectivity index (χ1v) is 15.8. The van der Waals surface area contributed by atoms with Crippen LogP contribution in [0.3, 0.4) is 0 Å². The van der Waals surface area contributed by atoms with E-state index in [9.17, 15) is 33.7 Å². The van der Waals surface area contributed by atoms with E-state index in [4.69, 9.17) is 10.3 Å². The van der Waals surface area contributed by atoms with Crippen molar-refractivity contribution in [3.05, 3.63) is 0 Å². The van der Waals surface area contributed by atoms with Gasteiger partial charge in [-0.15, -0.1) is 0 Å². The van der Waals surface area contributed by atoms with E-state index in [2.05, 4.69) is 0 Å². The number of nitrogens with two attached hydrogens (primary N) is 2. The molecule has 0 saturated carbocycles. The average molecular weight is 523 g/mol. The molecule has 6 N–H and O–H groups in total. The summed E-state index contributed by atoms with van der Waals surface area (Å²) in [5.74, 6) is 0. The molecule has 0 rings (SSSR count). The number of hydrogen-bond acceptors (Lipinski definition) is 8. The number of hydrogen-bond donors (Lipinski definition) is 4. The number of primary sulfonamides is 2. The van der Waals surface area contributed by atoms with Gasteiger partial charge in [-0.3, -0.25) is 0 Å². The van der Waals surface area contributed by atoms with E-state index in [1.54, 1.807) is 0 Å². The Hall–Kier alpha value is 0.439. The fraction of sp³-hybridized carbons (Fsp3) is 1.00. The first kappa shape index (κ1) is 23.4. The van der Waals surface area contributed by atoms with Crippen molar-refractivity contribution in [3.63, 3.8) is 0 Å². The molecule has 0 aliphatic carbocycles. The molecule has 0 bridgehead atoms. The molecule has 140 valence electrons. The molecule has 0 aromatic heterocycles. The van der Waals surface area contributed by atoms with Crippen LogP contribution in [0.2, 0.25) is 0 Å². The van der Waals surface area contributed by atoms with Crippen LogP contribution in [0, 0.1) is 0 Å². The van der Waals surface area contributed by atoms with Crippen molar-refractivity contribution in [3.8, 4) is 0 Å². The van der Waals surface area contributed by atoms with Gasteiger partial charge in [0.2, 0.25) is 0 Å². The van der Waals surface area contributed by atoms with Gasteiger partial charge in [-0.25, -0.2) is 0 Å². The first-order valence-electron chi connectivity index (χ1n) is 5.74. The van der Waals surface area contributed by atoms with E-state index < -0.39 is 69.9 Å². The van der Waals surface area contributed by atoms with E-state index in [1.807, 2.05) is 5.89 Å². The van der Waals surface area contributed by atoms with Gasteiger partial charge in [0.15, 0.2) is 0 Å². The van der Waals surface area contributed by atoms with Gasteiger partial charge < -0.3 is 0 Å². The summed E-state index contributed by atoms with van der Waals surface area (Å²) in [7, 11) is -18.0. The van der Waals surface area contributed by atoms with Crippen LogP contribution < -0.4 is 16.2 Å². The summed E-state index contributed by atoms with van der Waals surface area (Å²) in [6, 6.07) is 0. The fourth-order valence-corrected chi connectivity index (χ4v) is 17.7. The Morgan fingerprint density at radius 1 is 0.652 bits per heavy atom. The average Bonchev–Trinajstić information content (AvgIpc) is 2.24. The van der Waals surface area contributed by atoms with Crippen molar-refractivity contribution in [2.45, 2.75) is 35.9 Å². The number of rotatable bonds is 8. The summed E-state index contributed by atoms with van der Waals surface area (Å²) in [5.41, 5.74) is 0. The van der Waals surface area contributed by atoms with Gasteiger partial charge in [0, 0.05) is 0 Å². The van der Waals surface area contributed by atoms with Crippen LogP contribution in [0.4, 0.5) is 0 Å². The van der Waals surface area contributed by atoms with Gasteiger partial charge >= 0.3 is 147 Å². The molecule has 0 atom stereocenters. The molecule has 0 aromatic rings. The molecule has 23 heavy (non-hydrogen) atoms. The van der Waals surface area contributed by atoms with Crippen LogP contribution >= 0.6 is 0 Å². The summed E-state index contributed by atoms with van der Waals surface area (Å²) in [6.45, 7) is 3.33. The molecule has 12 nitrogen and oxygen atoms in total. The van der Waals surface area contributed by atoms with Crippen molar-refractivity contribution >= 4 is 61.8 Å². The zero-order chi connectivity index (χ0) is 19.1. The molecule has 0 amide bonds. The Kier molecular flexibility index (Phi) is 6.76. The third kappa shape index (κ3) is 4.75. The number of sulfonamides is 4. The summed E-state index contributed by atoms with van der Waals surface area (Å²) in [5, 5.41) is 9.65. The van der Waals surface area contributed by atoms with Crippen molar-refractivity contribution < 1.29 is 33.7 Å². The number of nitrogens with one attached hydrogen (secondary N) is 2. The minimum absolute atomic E-state index is 0.833.